The Hall–Kier alpha value is -1.67. The highest BCUT2D eigenvalue weighted by Crippen LogP contribution is 2.29. The van der Waals surface area contributed by atoms with Gasteiger partial charge in [0.2, 0.25) is 10.0 Å². The smallest absolute Gasteiger partial charge is 0.270 e. The first-order chi connectivity index (χ1) is 8.94. The van der Waals surface area contributed by atoms with Crippen LogP contribution in [-0.4, -0.2) is 25.9 Å². The van der Waals surface area contributed by atoms with Gasteiger partial charge in [0.15, 0.2) is 0 Å². The number of nitro groups is 1. The number of benzene rings is 1. The average Bonchev–Trinajstić information content (AvgIpc) is 3.12. The highest BCUT2D eigenvalue weighted by Gasteiger charge is 2.30. The molecule has 1 aromatic rings. The van der Waals surface area contributed by atoms with E-state index < -0.39 is 14.9 Å². The van der Waals surface area contributed by atoms with Gasteiger partial charge in [0.25, 0.3) is 5.69 Å². The first-order valence-corrected chi connectivity index (χ1v) is 7.47. The topological polar surface area (TPSA) is 101 Å². The van der Waals surface area contributed by atoms with Gasteiger partial charge < -0.3 is 5.32 Å². The minimum atomic E-state index is -3.72. The van der Waals surface area contributed by atoms with Gasteiger partial charge in [-0.1, -0.05) is 0 Å². The van der Waals surface area contributed by atoms with Crippen LogP contribution >= 0.6 is 0 Å². The Labute approximate surface area is 111 Å². The van der Waals surface area contributed by atoms with Gasteiger partial charge in [-0.2, -0.15) is 0 Å². The first kappa shape index (κ1) is 13.8. The van der Waals surface area contributed by atoms with Crippen LogP contribution in [-0.2, 0) is 10.0 Å². The third-order valence-corrected chi connectivity index (χ3v) is 4.29. The van der Waals surface area contributed by atoms with E-state index in [2.05, 4.69) is 10.0 Å². The van der Waals surface area contributed by atoms with Gasteiger partial charge in [-0.05, 0) is 25.8 Å². The number of hydrogen-bond acceptors (Lipinski definition) is 5. The Bertz CT molecular complexity index is 596. The number of nitro benzene ring substituents is 1. The molecule has 0 unspecified atom stereocenters. The van der Waals surface area contributed by atoms with E-state index in [1.807, 2.05) is 6.92 Å². The minimum absolute atomic E-state index is 0.0428. The summed E-state index contributed by atoms with van der Waals surface area (Å²) in [6.45, 7) is 2.36. The van der Waals surface area contributed by atoms with E-state index in [1.165, 1.54) is 12.1 Å². The Morgan fingerprint density at radius 3 is 2.63 bits per heavy atom. The lowest BCUT2D eigenvalue weighted by atomic mass is 10.3. The number of anilines is 1. The fourth-order valence-electron chi connectivity index (χ4n) is 1.67. The number of nitrogens with zero attached hydrogens (tertiary/aromatic N) is 1. The molecule has 0 bridgehead atoms. The van der Waals surface area contributed by atoms with Crippen molar-refractivity contribution in [2.75, 3.05) is 11.9 Å². The molecule has 0 atom stereocenters. The maximum atomic E-state index is 12.2. The van der Waals surface area contributed by atoms with E-state index in [-0.39, 0.29) is 16.6 Å². The molecule has 0 saturated heterocycles. The van der Waals surface area contributed by atoms with E-state index in [0.29, 0.717) is 12.2 Å². The van der Waals surface area contributed by atoms with Crippen molar-refractivity contribution in [1.29, 1.82) is 0 Å². The molecule has 2 N–H and O–H groups in total. The number of sulfonamides is 1. The Morgan fingerprint density at radius 1 is 1.42 bits per heavy atom. The normalized spacial score (nSPS) is 15.2. The van der Waals surface area contributed by atoms with Gasteiger partial charge in [0, 0.05) is 24.7 Å². The maximum absolute atomic E-state index is 12.2. The summed E-state index contributed by atoms with van der Waals surface area (Å²) >= 11 is 0. The van der Waals surface area contributed by atoms with Crippen molar-refractivity contribution >= 4 is 21.4 Å². The second-order valence-corrected chi connectivity index (χ2v) is 6.05. The average molecular weight is 285 g/mol. The van der Waals surface area contributed by atoms with Crippen LogP contribution in [0.15, 0.2) is 23.1 Å². The second-order valence-electron chi connectivity index (χ2n) is 4.36. The highest BCUT2D eigenvalue weighted by atomic mass is 32.2. The van der Waals surface area contributed by atoms with Crippen LogP contribution in [0.2, 0.25) is 0 Å². The van der Waals surface area contributed by atoms with Crippen LogP contribution in [0, 0.1) is 10.1 Å². The van der Waals surface area contributed by atoms with E-state index in [1.54, 1.807) is 0 Å². The molecular weight excluding hydrogens is 270 g/mol. The molecule has 19 heavy (non-hydrogen) atoms. The summed E-state index contributed by atoms with van der Waals surface area (Å²) in [5.41, 5.74) is 0.138. The standard InChI is InChI=1S/C11H15N3O4S/c1-2-12-10-6-5-9(14(15)16)7-11(10)19(17,18)13-8-3-4-8/h5-8,12-13H,2-4H2,1H3. The molecule has 0 aliphatic heterocycles. The molecule has 0 heterocycles. The molecule has 0 radical (unpaired) electrons. The third kappa shape index (κ3) is 3.21. The number of nitrogens with one attached hydrogen (secondary N) is 2. The molecule has 1 aliphatic carbocycles. The van der Waals surface area contributed by atoms with E-state index in [0.717, 1.165) is 18.9 Å². The number of rotatable bonds is 6. The first-order valence-electron chi connectivity index (χ1n) is 5.98. The van der Waals surface area contributed by atoms with Gasteiger partial charge in [0.05, 0.1) is 10.6 Å². The van der Waals surface area contributed by atoms with Crippen molar-refractivity contribution in [3.63, 3.8) is 0 Å². The lowest BCUT2D eigenvalue weighted by Gasteiger charge is -2.11. The lowest BCUT2D eigenvalue weighted by molar-refractivity contribution is -0.385. The Balaban J connectivity index is 2.43. The summed E-state index contributed by atoms with van der Waals surface area (Å²) in [5, 5.41) is 13.7. The second kappa shape index (κ2) is 5.14. The van der Waals surface area contributed by atoms with E-state index >= 15 is 0 Å². The quantitative estimate of drug-likeness (QED) is 0.608. The van der Waals surface area contributed by atoms with Crippen molar-refractivity contribution in [2.24, 2.45) is 0 Å². The van der Waals surface area contributed by atoms with Gasteiger partial charge in [-0.25, -0.2) is 13.1 Å². The predicted molar refractivity (Wildman–Crippen MR) is 70.6 cm³/mol. The van der Waals surface area contributed by atoms with Crippen LogP contribution < -0.4 is 10.0 Å². The highest BCUT2D eigenvalue weighted by molar-refractivity contribution is 7.89. The monoisotopic (exact) mass is 285 g/mol. The SMILES string of the molecule is CCNc1ccc([N+](=O)[O-])cc1S(=O)(=O)NC1CC1. The van der Waals surface area contributed by atoms with Crippen molar-refractivity contribution in [1.82, 2.24) is 4.72 Å². The fourth-order valence-corrected chi connectivity index (χ4v) is 3.17. The zero-order chi connectivity index (χ0) is 14.0. The van der Waals surface area contributed by atoms with Crippen molar-refractivity contribution in [2.45, 2.75) is 30.7 Å². The molecular formula is C11H15N3O4S. The van der Waals surface area contributed by atoms with Crippen molar-refractivity contribution in [3.05, 3.63) is 28.3 Å². The summed E-state index contributed by atoms with van der Waals surface area (Å²) in [7, 11) is -3.72. The van der Waals surface area contributed by atoms with Crippen LogP contribution in [0.1, 0.15) is 19.8 Å². The predicted octanol–water partition coefficient (Wildman–Crippen LogP) is 1.47. The molecule has 8 heteroatoms. The van der Waals surface area contributed by atoms with Gasteiger partial charge in [0.1, 0.15) is 4.90 Å². The van der Waals surface area contributed by atoms with Crippen molar-refractivity contribution in [3.8, 4) is 0 Å². The summed E-state index contributed by atoms with van der Waals surface area (Å²) in [4.78, 5) is 10.1. The molecule has 104 valence electrons. The molecule has 0 amide bonds. The molecule has 1 aromatic carbocycles. The van der Waals surface area contributed by atoms with E-state index in [4.69, 9.17) is 0 Å². The van der Waals surface area contributed by atoms with Crippen LogP contribution in [0.25, 0.3) is 0 Å². The Kier molecular flexibility index (Phi) is 3.72. The van der Waals surface area contributed by atoms with Gasteiger partial charge in [-0.15, -0.1) is 0 Å². The minimum Gasteiger partial charge on any atom is -0.384 e. The largest absolute Gasteiger partial charge is 0.384 e. The molecule has 1 fully saturated rings. The molecule has 2 rings (SSSR count). The molecule has 1 aliphatic rings. The zero-order valence-electron chi connectivity index (χ0n) is 10.4. The summed E-state index contributed by atoms with van der Waals surface area (Å²) in [6, 6.07) is 3.75. The van der Waals surface area contributed by atoms with Crippen molar-refractivity contribution < 1.29 is 13.3 Å². The molecule has 0 spiro atoms. The third-order valence-electron chi connectivity index (χ3n) is 2.73. The van der Waals surface area contributed by atoms with Crippen LogP contribution in [0.3, 0.4) is 0 Å². The molecule has 7 nitrogen and oxygen atoms in total. The van der Waals surface area contributed by atoms with Gasteiger partial charge >= 0.3 is 0 Å². The van der Waals surface area contributed by atoms with E-state index in [9.17, 15) is 18.5 Å². The number of non-ortho nitro benzene ring substituents is 1. The fraction of sp³-hybridized carbons (Fsp3) is 0.455. The molecule has 1 saturated carbocycles. The summed E-state index contributed by atoms with van der Waals surface area (Å²) in [5.74, 6) is 0. The van der Waals surface area contributed by atoms with Crippen LogP contribution in [0.4, 0.5) is 11.4 Å². The molecule has 0 aromatic heterocycles. The maximum Gasteiger partial charge on any atom is 0.270 e. The summed E-state index contributed by atoms with van der Waals surface area (Å²) < 4.78 is 26.9. The zero-order valence-corrected chi connectivity index (χ0v) is 11.2. The van der Waals surface area contributed by atoms with Gasteiger partial charge in [-0.3, -0.25) is 10.1 Å². The number of hydrogen-bond donors (Lipinski definition) is 2. The van der Waals surface area contributed by atoms with Crippen LogP contribution in [0.5, 0.6) is 0 Å². The Morgan fingerprint density at radius 2 is 2.11 bits per heavy atom. The summed E-state index contributed by atoms with van der Waals surface area (Å²) in [6.07, 6.45) is 1.62. The lowest BCUT2D eigenvalue weighted by Crippen LogP contribution is -2.26.